The van der Waals surface area contributed by atoms with Crippen molar-refractivity contribution in [1.29, 1.82) is 0 Å². The zero-order valence-corrected chi connectivity index (χ0v) is 21.7. The summed E-state index contributed by atoms with van der Waals surface area (Å²) in [6.45, 7) is 12.5. The van der Waals surface area contributed by atoms with E-state index in [0.717, 1.165) is 16.6 Å². The number of benzene rings is 3. The smallest absolute Gasteiger partial charge is 0.118 e. The van der Waals surface area contributed by atoms with Gasteiger partial charge >= 0.3 is 0 Å². The fourth-order valence-electron chi connectivity index (χ4n) is 3.31. The van der Waals surface area contributed by atoms with Crippen molar-refractivity contribution >= 4 is 45.6 Å². The van der Waals surface area contributed by atoms with Crippen LogP contribution in [-0.2, 0) is 28.6 Å². The van der Waals surface area contributed by atoms with Crippen molar-refractivity contribution < 1.29 is 14.2 Å². The number of quaternary nitrogens is 1. The fourth-order valence-corrected chi connectivity index (χ4v) is 5.98. The van der Waals surface area contributed by atoms with Gasteiger partial charge in [0.1, 0.15) is 5.75 Å². The van der Waals surface area contributed by atoms with Crippen molar-refractivity contribution in [1.82, 2.24) is 0 Å². The Hall–Kier alpha value is -1.36. The Morgan fingerprint density at radius 2 is 1.48 bits per heavy atom. The minimum atomic E-state index is -2.50. The number of rotatable bonds is 8. The second-order valence-corrected chi connectivity index (χ2v) is 12.9. The topological polar surface area (TPSA) is 22.9 Å². The van der Waals surface area contributed by atoms with Crippen LogP contribution in [0.5, 0.6) is 5.75 Å². The van der Waals surface area contributed by atoms with Crippen LogP contribution in [0, 0.1) is 0 Å². The van der Waals surface area contributed by atoms with Gasteiger partial charge in [-0.25, -0.2) is 0 Å². The summed E-state index contributed by atoms with van der Waals surface area (Å²) < 4.78 is 11.3. The van der Waals surface area contributed by atoms with E-state index in [9.17, 15) is 0 Å². The number of methoxy groups -OCH3 is 1. The highest BCUT2D eigenvalue weighted by atomic mass is 32.9. The van der Waals surface area contributed by atoms with Gasteiger partial charge in [0.05, 0.1) is 32.8 Å². The molecule has 0 aliphatic carbocycles. The lowest BCUT2D eigenvalue weighted by Crippen LogP contribution is -3.11. The molecule has 0 bridgehead atoms. The highest BCUT2D eigenvalue weighted by Crippen LogP contribution is 2.48. The molecule has 0 heterocycles. The molecule has 0 saturated carbocycles. The maximum absolute atomic E-state index is 6.13. The van der Waals surface area contributed by atoms with E-state index in [-0.39, 0.29) is 6.10 Å². The summed E-state index contributed by atoms with van der Waals surface area (Å²) in [5.74, 6) is 0.784. The minimum Gasteiger partial charge on any atom is -0.715 e. The Balaban J connectivity index is 0.000000423. The molecule has 0 aromatic heterocycles. The summed E-state index contributed by atoms with van der Waals surface area (Å²) in [5, 5.41) is 3.27. The van der Waals surface area contributed by atoms with Gasteiger partial charge in [-0.3, -0.25) is 0 Å². The third-order valence-corrected chi connectivity index (χ3v) is 8.73. The lowest BCUT2D eigenvalue weighted by Gasteiger charge is -2.32. The first-order valence-corrected chi connectivity index (χ1v) is 14.5. The normalized spacial score (nSPS) is 13.9. The van der Waals surface area contributed by atoms with Crippen LogP contribution in [0.1, 0.15) is 39.4 Å². The molecule has 0 amide bonds. The number of ether oxygens (including phenoxy) is 1. The third kappa shape index (κ3) is 7.62. The second-order valence-electron chi connectivity index (χ2n) is 7.36. The first-order chi connectivity index (χ1) is 14.8. The molecule has 2 atom stereocenters. The lowest BCUT2D eigenvalue weighted by molar-refractivity contribution is -0.894. The van der Waals surface area contributed by atoms with E-state index in [2.05, 4.69) is 51.1 Å². The first kappa shape index (κ1) is 25.9. The Morgan fingerprint density at radius 3 is 2.00 bits per heavy atom. The maximum atomic E-state index is 6.13. The molecule has 0 aliphatic rings. The van der Waals surface area contributed by atoms with Gasteiger partial charge in [0.25, 0.3) is 0 Å². The number of hydrogen-bond donors (Lipinski definition) is 1. The van der Waals surface area contributed by atoms with Gasteiger partial charge in [0.2, 0.25) is 0 Å². The van der Waals surface area contributed by atoms with Crippen LogP contribution >= 0.6 is 5.47 Å². The monoisotopic (exact) mass is 475 g/mol. The van der Waals surface area contributed by atoms with Gasteiger partial charge in [-0.05, 0) is 85.1 Å². The van der Waals surface area contributed by atoms with Crippen LogP contribution in [-0.4, -0.2) is 26.7 Å². The summed E-state index contributed by atoms with van der Waals surface area (Å²) in [6, 6.07) is 22.1. The molecule has 1 N–H and O–H groups in total. The predicted molar refractivity (Wildman–Crippen MR) is 140 cm³/mol. The van der Waals surface area contributed by atoms with Crippen LogP contribution in [0.15, 0.2) is 66.7 Å². The molecule has 0 aliphatic heterocycles. The molecule has 168 valence electrons. The first-order valence-electron chi connectivity index (χ1n) is 10.8. The Kier molecular flexibility index (Phi) is 10.5. The lowest BCUT2D eigenvalue weighted by atomic mass is 10.0. The largest absolute Gasteiger partial charge is 0.715 e. The molecule has 3 aromatic carbocycles. The van der Waals surface area contributed by atoms with E-state index in [0.29, 0.717) is 0 Å². The van der Waals surface area contributed by atoms with E-state index in [4.69, 9.17) is 33.3 Å². The van der Waals surface area contributed by atoms with Crippen molar-refractivity contribution in [2.75, 3.05) is 26.7 Å². The standard InChI is InChI=1S/C19H19O2PS2.C6H15N/c1-14(16-8-7-15-5-3-4-6-17(15)13-16)21-22(23,24)19-11-9-18(20-2)10-12-19;1-4-7(5-2)6-3/h3-14H,1-2H3,(H,23,24);4-6H2,1-3H3/t14-;/m0./s1. The molecule has 0 radical (unpaired) electrons. The SMILES string of the molecule is CC[NH+](CC)CC.COc1ccc(P(=S)([S-])O[C@@H](C)c2ccc3ccccc3c2)cc1. The summed E-state index contributed by atoms with van der Waals surface area (Å²) >= 11 is 11.2. The zero-order valence-electron chi connectivity index (χ0n) is 19.1. The highest BCUT2D eigenvalue weighted by molar-refractivity contribution is 8.56. The Morgan fingerprint density at radius 1 is 0.903 bits per heavy atom. The molecule has 0 spiro atoms. The van der Waals surface area contributed by atoms with Crippen LogP contribution in [0.2, 0.25) is 0 Å². The van der Waals surface area contributed by atoms with Crippen LogP contribution in [0.4, 0.5) is 0 Å². The van der Waals surface area contributed by atoms with Gasteiger partial charge in [-0.1, -0.05) is 48.2 Å². The van der Waals surface area contributed by atoms with E-state index in [1.165, 1.54) is 30.4 Å². The van der Waals surface area contributed by atoms with E-state index >= 15 is 0 Å². The van der Waals surface area contributed by atoms with E-state index < -0.39 is 5.47 Å². The van der Waals surface area contributed by atoms with Crippen LogP contribution < -0.4 is 14.9 Å². The van der Waals surface area contributed by atoms with Crippen molar-refractivity contribution in [2.24, 2.45) is 0 Å². The quantitative estimate of drug-likeness (QED) is 0.364. The van der Waals surface area contributed by atoms with Crippen molar-refractivity contribution in [3.8, 4) is 5.75 Å². The predicted octanol–water partition coefficient (Wildman–Crippen LogP) is 5.04. The van der Waals surface area contributed by atoms with Crippen molar-refractivity contribution in [2.45, 2.75) is 33.8 Å². The molecular formula is C25H34NO2PS2. The molecule has 3 nitrogen and oxygen atoms in total. The Labute approximate surface area is 198 Å². The third-order valence-electron chi connectivity index (χ3n) is 5.43. The summed E-state index contributed by atoms with van der Waals surface area (Å²) in [4.78, 5) is 1.68. The second kappa shape index (κ2) is 12.6. The van der Waals surface area contributed by atoms with Crippen molar-refractivity contribution in [3.05, 3.63) is 72.3 Å². The molecule has 0 saturated heterocycles. The number of fused-ring (bicyclic) bond motifs is 1. The van der Waals surface area contributed by atoms with Crippen LogP contribution in [0.25, 0.3) is 10.8 Å². The Bertz CT molecular complexity index is 985. The van der Waals surface area contributed by atoms with Crippen molar-refractivity contribution in [3.63, 3.8) is 0 Å². The number of hydrogen-bond acceptors (Lipinski definition) is 4. The van der Waals surface area contributed by atoms with Crippen LogP contribution in [0.3, 0.4) is 0 Å². The fraction of sp³-hybridized carbons (Fsp3) is 0.360. The highest BCUT2D eigenvalue weighted by Gasteiger charge is 2.13. The van der Waals surface area contributed by atoms with Gasteiger partial charge in [-0.15, -0.1) is 0 Å². The molecular weight excluding hydrogens is 441 g/mol. The molecule has 0 fully saturated rings. The van der Waals surface area contributed by atoms with Gasteiger partial charge in [-0.2, -0.15) is 0 Å². The molecule has 31 heavy (non-hydrogen) atoms. The molecule has 6 heteroatoms. The molecule has 1 unspecified atom stereocenters. The zero-order chi connectivity index (χ0) is 22.9. The summed E-state index contributed by atoms with van der Waals surface area (Å²) in [6.07, 6.45) is -0.153. The summed E-state index contributed by atoms with van der Waals surface area (Å²) in [5.41, 5.74) is -1.41. The average Bonchev–Trinajstić information content (AvgIpc) is 2.80. The van der Waals surface area contributed by atoms with Gasteiger partial charge in [0.15, 0.2) is 0 Å². The van der Waals surface area contributed by atoms with Gasteiger partial charge < -0.3 is 26.4 Å². The minimum absolute atomic E-state index is 0.153. The number of nitrogens with one attached hydrogen (secondary N) is 1. The molecule has 3 aromatic rings. The maximum Gasteiger partial charge on any atom is 0.118 e. The summed E-state index contributed by atoms with van der Waals surface area (Å²) in [7, 11) is 1.64. The van der Waals surface area contributed by atoms with Gasteiger partial charge in [0, 0.05) is 0 Å². The van der Waals surface area contributed by atoms with E-state index in [1.807, 2.05) is 43.3 Å². The average molecular weight is 476 g/mol. The van der Waals surface area contributed by atoms with E-state index in [1.54, 1.807) is 12.0 Å². The molecule has 3 rings (SSSR count).